The third-order valence-corrected chi connectivity index (χ3v) is 5.25. The normalized spacial score (nSPS) is 26.6. The summed E-state index contributed by atoms with van der Waals surface area (Å²) < 4.78 is 1.45. The van der Waals surface area contributed by atoms with Gasteiger partial charge in [0.15, 0.2) is 0 Å². The molecule has 9 heteroatoms. The van der Waals surface area contributed by atoms with E-state index in [1.807, 2.05) is 4.90 Å². The second kappa shape index (κ2) is 8.68. The largest absolute Gasteiger partial charge is 0.396 e. The van der Waals surface area contributed by atoms with Crippen LogP contribution in [0.15, 0.2) is 6.33 Å². The van der Waals surface area contributed by atoms with Crippen molar-refractivity contribution in [2.45, 2.75) is 19.4 Å². The number of piperidine rings is 1. The molecule has 0 bridgehead atoms. The second-order valence-corrected chi connectivity index (χ2v) is 7.41. The van der Waals surface area contributed by atoms with Crippen molar-refractivity contribution in [1.82, 2.24) is 34.9 Å². The quantitative estimate of drug-likeness (QED) is 0.710. The maximum absolute atomic E-state index is 12.6. The number of carbonyl (C=O) groups excluding carboxylic acids is 1. The van der Waals surface area contributed by atoms with E-state index in [4.69, 9.17) is 0 Å². The molecular weight excluding hydrogens is 322 g/mol. The van der Waals surface area contributed by atoms with E-state index in [-0.39, 0.29) is 25.0 Å². The summed E-state index contributed by atoms with van der Waals surface area (Å²) in [6.07, 6.45) is 3.63. The minimum absolute atomic E-state index is 0.0195. The molecule has 0 aromatic carbocycles. The molecule has 0 radical (unpaired) electrons. The lowest BCUT2D eigenvalue weighted by molar-refractivity contribution is -0.135. The maximum Gasteiger partial charge on any atom is 0.244 e. The van der Waals surface area contributed by atoms with E-state index in [9.17, 15) is 9.90 Å². The number of aliphatic hydroxyl groups excluding tert-OH is 1. The molecule has 2 atom stereocenters. The topological polar surface area (TPSA) is 90.6 Å². The fourth-order valence-electron chi connectivity index (χ4n) is 3.93. The van der Waals surface area contributed by atoms with Crippen molar-refractivity contribution in [2.75, 3.05) is 59.5 Å². The number of nitrogens with zero attached hydrogens (tertiary/aromatic N) is 7. The van der Waals surface area contributed by atoms with E-state index in [0.717, 1.165) is 45.7 Å². The zero-order valence-electron chi connectivity index (χ0n) is 15.0. The molecule has 2 aliphatic heterocycles. The molecule has 1 N–H and O–H groups in total. The molecular formula is C16H29N7O2. The highest BCUT2D eigenvalue weighted by molar-refractivity contribution is 5.76. The monoisotopic (exact) mass is 351 g/mol. The van der Waals surface area contributed by atoms with Crippen LogP contribution in [0.2, 0.25) is 0 Å². The molecule has 0 saturated carbocycles. The summed E-state index contributed by atoms with van der Waals surface area (Å²) >= 11 is 0. The van der Waals surface area contributed by atoms with Gasteiger partial charge in [-0.1, -0.05) is 0 Å². The van der Waals surface area contributed by atoms with E-state index in [1.54, 1.807) is 0 Å². The average Bonchev–Trinajstić information content (AvgIpc) is 3.03. The van der Waals surface area contributed by atoms with Crippen molar-refractivity contribution in [3.63, 3.8) is 0 Å². The summed E-state index contributed by atoms with van der Waals surface area (Å²) in [5, 5.41) is 20.6. The van der Waals surface area contributed by atoms with Gasteiger partial charge in [-0.15, -0.1) is 5.10 Å². The Kier molecular flexibility index (Phi) is 6.33. The molecule has 25 heavy (non-hydrogen) atoms. The van der Waals surface area contributed by atoms with Crippen LogP contribution in [0, 0.1) is 11.8 Å². The molecule has 9 nitrogen and oxygen atoms in total. The molecule has 1 aromatic heterocycles. The Labute approximate surface area is 148 Å². The Morgan fingerprint density at radius 2 is 2.04 bits per heavy atom. The summed E-state index contributed by atoms with van der Waals surface area (Å²) in [6.45, 7) is 7.10. The number of amides is 1. The van der Waals surface area contributed by atoms with Crippen molar-refractivity contribution in [2.24, 2.45) is 11.8 Å². The molecule has 1 amide bonds. The highest BCUT2D eigenvalue weighted by Gasteiger charge is 2.31. The Balaban J connectivity index is 1.57. The first-order valence-corrected chi connectivity index (χ1v) is 9.14. The first-order valence-electron chi connectivity index (χ1n) is 9.14. The van der Waals surface area contributed by atoms with Crippen LogP contribution in [-0.2, 0) is 11.3 Å². The number of aromatic nitrogens is 4. The zero-order chi connectivity index (χ0) is 17.6. The molecule has 1 aromatic rings. The maximum atomic E-state index is 12.6. The number of tetrazole rings is 1. The van der Waals surface area contributed by atoms with Gasteiger partial charge in [0.25, 0.3) is 0 Å². The minimum Gasteiger partial charge on any atom is -0.396 e. The summed E-state index contributed by atoms with van der Waals surface area (Å²) in [5.41, 5.74) is 0. The summed E-state index contributed by atoms with van der Waals surface area (Å²) in [5.74, 6) is 0.587. The van der Waals surface area contributed by atoms with Gasteiger partial charge in [0.1, 0.15) is 12.9 Å². The van der Waals surface area contributed by atoms with Crippen LogP contribution < -0.4 is 0 Å². The lowest BCUT2D eigenvalue weighted by Gasteiger charge is -2.39. The fraction of sp³-hybridized carbons (Fsp3) is 0.875. The van der Waals surface area contributed by atoms with E-state index in [1.165, 1.54) is 17.4 Å². The molecule has 3 rings (SSSR count). The molecule has 3 heterocycles. The number of likely N-dealkylation sites (tertiary alicyclic amines) is 1. The molecule has 2 saturated heterocycles. The number of hydrogen-bond donors (Lipinski definition) is 1. The van der Waals surface area contributed by atoms with Gasteiger partial charge in [-0.05, 0) is 55.2 Å². The summed E-state index contributed by atoms with van der Waals surface area (Å²) in [7, 11) is 2.17. The number of carbonyl (C=O) groups is 1. The van der Waals surface area contributed by atoms with Crippen molar-refractivity contribution in [3.05, 3.63) is 6.33 Å². The first-order chi connectivity index (χ1) is 12.1. The number of likely N-dealkylation sites (N-methyl/N-ethyl adjacent to an activating group) is 1. The van der Waals surface area contributed by atoms with Gasteiger partial charge in [0.05, 0.1) is 0 Å². The van der Waals surface area contributed by atoms with Gasteiger partial charge < -0.3 is 19.8 Å². The van der Waals surface area contributed by atoms with Crippen LogP contribution in [0.4, 0.5) is 0 Å². The number of rotatable bonds is 5. The third-order valence-electron chi connectivity index (χ3n) is 5.25. The van der Waals surface area contributed by atoms with Gasteiger partial charge in [0, 0.05) is 39.3 Å². The van der Waals surface area contributed by atoms with Gasteiger partial charge in [-0.2, -0.15) is 0 Å². The average molecular weight is 351 g/mol. The second-order valence-electron chi connectivity index (χ2n) is 7.41. The SMILES string of the molecule is CN1CCCN(C[C@H]2C[C@H](CO)CN(C(=O)Cn3cnnn3)C2)CC1. The van der Waals surface area contributed by atoms with Crippen molar-refractivity contribution >= 4 is 5.91 Å². The van der Waals surface area contributed by atoms with Crippen LogP contribution in [0.5, 0.6) is 0 Å². The van der Waals surface area contributed by atoms with Crippen LogP contribution in [0.25, 0.3) is 0 Å². The van der Waals surface area contributed by atoms with E-state index in [2.05, 4.69) is 32.4 Å². The standard InChI is InChI=1S/C16H29N7O2/c1-20-3-2-4-21(6-5-20)8-14-7-15(12-24)10-22(9-14)16(25)11-23-13-17-18-19-23/h13-15,24H,2-12H2,1H3/t14-,15+/m1/s1. The summed E-state index contributed by atoms with van der Waals surface area (Å²) in [6, 6.07) is 0. The van der Waals surface area contributed by atoms with Crippen molar-refractivity contribution in [1.29, 1.82) is 0 Å². The lowest BCUT2D eigenvalue weighted by Crippen LogP contribution is -2.49. The summed E-state index contributed by atoms with van der Waals surface area (Å²) in [4.78, 5) is 19.3. The van der Waals surface area contributed by atoms with Gasteiger partial charge in [-0.3, -0.25) is 4.79 Å². The van der Waals surface area contributed by atoms with E-state index < -0.39 is 0 Å². The molecule has 2 aliphatic rings. The highest BCUT2D eigenvalue weighted by Crippen LogP contribution is 2.23. The van der Waals surface area contributed by atoms with Gasteiger partial charge in [0.2, 0.25) is 5.91 Å². The highest BCUT2D eigenvalue weighted by atomic mass is 16.3. The lowest BCUT2D eigenvalue weighted by atomic mass is 9.89. The zero-order valence-corrected chi connectivity index (χ0v) is 15.0. The fourth-order valence-corrected chi connectivity index (χ4v) is 3.93. The van der Waals surface area contributed by atoms with Crippen molar-refractivity contribution < 1.29 is 9.90 Å². The van der Waals surface area contributed by atoms with E-state index in [0.29, 0.717) is 12.5 Å². The van der Waals surface area contributed by atoms with Crippen LogP contribution in [0.3, 0.4) is 0 Å². The molecule has 0 spiro atoms. The first kappa shape index (κ1) is 18.2. The van der Waals surface area contributed by atoms with Crippen LogP contribution in [-0.4, -0.2) is 105 Å². The van der Waals surface area contributed by atoms with Gasteiger partial charge in [-0.25, -0.2) is 4.68 Å². The smallest absolute Gasteiger partial charge is 0.244 e. The Morgan fingerprint density at radius 1 is 1.20 bits per heavy atom. The Hall–Kier alpha value is -1.58. The van der Waals surface area contributed by atoms with Crippen molar-refractivity contribution in [3.8, 4) is 0 Å². The predicted octanol–water partition coefficient (Wildman–Crippen LogP) is -1.23. The van der Waals surface area contributed by atoms with Crippen LogP contribution >= 0.6 is 0 Å². The van der Waals surface area contributed by atoms with Gasteiger partial charge >= 0.3 is 0 Å². The molecule has 140 valence electrons. The Morgan fingerprint density at radius 3 is 2.80 bits per heavy atom. The Bertz CT molecular complexity index is 539. The number of hydrogen-bond acceptors (Lipinski definition) is 7. The molecule has 0 aliphatic carbocycles. The predicted molar refractivity (Wildman–Crippen MR) is 91.6 cm³/mol. The minimum atomic E-state index is 0.0195. The number of aliphatic hydroxyl groups is 1. The molecule has 0 unspecified atom stereocenters. The van der Waals surface area contributed by atoms with Crippen LogP contribution in [0.1, 0.15) is 12.8 Å². The van der Waals surface area contributed by atoms with E-state index >= 15 is 0 Å². The molecule has 2 fully saturated rings. The third kappa shape index (κ3) is 5.20.